The SMILES string of the molecule is CN(CCOCCOC/C=C/B1OC(C)(C)C(C)(C)O1)C(=O)OC(C)(C)C. The van der Waals surface area contributed by atoms with Gasteiger partial charge < -0.3 is 28.4 Å². The normalized spacial score (nSPS) is 18.9. The summed E-state index contributed by atoms with van der Waals surface area (Å²) in [5.41, 5.74) is -1.15. The van der Waals surface area contributed by atoms with E-state index in [9.17, 15) is 4.79 Å². The van der Waals surface area contributed by atoms with Crippen molar-refractivity contribution in [2.75, 3.05) is 40.0 Å². The molecular weight excluding hydrogens is 349 g/mol. The minimum absolute atomic E-state index is 0.330. The first-order valence-corrected chi connectivity index (χ1v) is 9.46. The Kier molecular flexibility index (Phi) is 8.79. The summed E-state index contributed by atoms with van der Waals surface area (Å²) in [5, 5.41) is 0. The Balaban J connectivity index is 2.06. The second-order valence-electron chi connectivity index (χ2n) is 8.64. The van der Waals surface area contributed by atoms with Gasteiger partial charge in [-0.3, -0.25) is 0 Å². The molecule has 1 aliphatic rings. The summed E-state index contributed by atoms with van der Waals surface area (Å²) < 4.78 is 28.0. The smallest absolute Gasteiger partial charge is 0.444 e. The maximum atomic E-state index is 11.8. The summed E-state index contributed by atoms with van der Waals surface area (Å²) in [5.74, 6) is 1.87. The Morgan fingerprint density at radius 3 is 2.15 bits per heavy atom. The van der Waals surface area contributed by atoms with Crippen LogP contribution in [0.3, 0.4) is 0 Å². The van der Waals surface area contributed by atoms with Crippen molar-refractivity contribution in [1.29, 1.82) is 0 Å². The predicted molar refractivity (Wildman–Crippen MR) is 106 cm³/mol. The van der Waals surface area contributed by atoms with Crippen molar-refractivity contribution in [3.8, 4) is 0 Å². The maximum Gasteiger partial charge on any atom is 0.486 e. The van der Waals surface area contributed by atoms with Gasteiger partial charge in [0, 0.05) is 13.6 Å². The molecule has 0 aliphatic carbocycles. The molecule has 0 radical (unpaired) electrons. The van der Waals surface area contributed by atoms with Crippen LogP contribution in [0.25, 0.3) is 0 Å². The fourth-order valence-electron chi connectivity index (χ4n) is 2.14. The van der Waals surface area contributed by atoms with Crippen molar-refractivity contribution in [1.82, 2.24) is 4.90 Å². The molecule has 1 heterocycles. The number of hydrogen-bond donors (Lipinski definition) is 0. The Labute approximate surface area is 164 Å². The Hall–Kier alpha value is -1.09. The van der Waals surface area contributed by atoms with E-state index < -0.39 is 5.60 Å². The molecule has 7 nitrogen and oxygen atoms in total. The number of amides is 1. The third-order valence-electron chi connectivity index (χ3n) is 4.43. The lowest BCUT2D eigenvalue weighted by molar-refractivity contribution is 0.00578. The zero-order valence-electron chi connectivity index (χ0n) is 18.2. The molecule has 1 rings (SSSR count). The zero-order chi connectivity index (χ0) is 20.7. The second-order valence-corrected chi connectivity index (χ2v) is 8.64. The van der Waals surface area contributed by atoms with Crippen molar-refractivity contribution >= 4 is 13.2 Å². The van der Waals surface area contributed by atoms with Crippen LogP contribution < -0.4 is 0 Å². The molecule has 1 aliphatic heterocycles. The number of nitrogens with zero attached hydrogens (tertiary/aromatic N) is 1. The van der Waals surface area contributed by atoms with Crippen molar-refractivity contribution in [3.05, 3.63) is 12.1 Å². The minimum atomic E-state index is -0.492. The minimum Gasteiger partial charge on any atom is -0.444 e. The summed E-state index contributed by atoms with van der Waals surface area (Å²) in [7, 11) is 1.34. The first kappa shape index (κ1) is 24.0. The Morgan fingerprint density at radius 2 is 1.59 bits per heavy atom. The van der Waals surface area contributed by atoms with Crippen LogP contribution in [-0.4, -0.2) is 74.9 Å². The van der Waals surface area contributed by atoms with E-state index in [-0.39, 0.29) is 24.4 Å². The van der Waals surface area contributed by atoms with Gasteiger partial charge in [0.15, 0.2) is 0 Å². The summed E-state index contributed by atoms with van der Waals surface area (Å²) >= 11 is 0. The van der Waals surface area contributed by atoms with E-state index >= 15 is 0 Å². The number of carbonyl (C=O) groups excluding carboxylic acids is 1. The van der Waals surface area contributed by atoms with Gasteiger partial charge in [-0.1, -0.05) is 12.1 Å². The fraction of sp³-hybridized carbons (Fsp3) is 0.842. The molecule has 0 unspecified atom stereocenters. The average molecular weight is 385 g/mol. The molecule has 0 saturated carbocycles. The van der Waals surface area contributed by atoms with Crippen LogP contribution in [0, 0.1) is 0 Å². The lowest BCUT2D eigenvalue weighted by Gasteiger charge is -2.32. The first-order chi connectivity index (χ1) is 12.3. The molecule has 8 heteroatoms. The van der Waals surface area contributed by atoms with Crippen LogP contribution in [0.5, 0.6) is 0 Å². The molecule has 0 atom stereocenters. The third-order valence-corrected chi connectivity index (χ3v) is 4.43. The quantitative estimate of drug-likeness (QED) is 0.449. The molecule has 0 aromatic heterocycles. The zero-order valence-corrected chi connectivity index (χ0v) is 18.2. The molecule has 0 aromatic rings. The third kappa shape index (κ3) is 8.64. The van der Waals surface area contributed by atoms with Gasteiger partial charge in [0.1, 0.15) is 5.60 Å². The molecule has 0 N–H and O–H groups in total. The van der Waals surface area contributed by atoms with E-state index in [1.165, 1.54) is 4.90 Å². The van der Waals surface area contributed by atoms with Crippen LogP contribution >= 0.6 is 0 Å². The highest BCUT2D eigenvalue weighted by Gasteiger charge is 2.49. The lowest BCUT2D eigenvalue weighted by Crippen LogP contribution is -2.41. The van der Waals surface area contributed by atoms with Crippen molar-refractivity contribution in [3.63, 3.8) is 0 Å². The lowest BCUT2D eigenvalue weighted by atomic mass is 9.90. The summed E-state index contributed by atoms with van der Waals surface area (Å²) in [6.45, 7) is 15.9. The van der Waals surface area contributed by atoms with Gasteiger partial charge in [-0.05, 0) is 48.5 Å². The van der Waals surface area contributed by atoms with E-state index in [4.69, 9.17) is 23.5 Å². The second kappa shape index (κ2) is 9.91. The van der Waals surface area contributed by atoms with Crippen molar-refractivity contribution in [2.24, 2.45) is 0 Å². The molecule has 0 bridgehead atoms. The average Bonchev–Trinajstić information content (AvgIpc) is 2.71. The molecule has 1 amide bonds. The van der Waals surface area contributed by atoms with E-state index in [0.717, 1.165) is 0 Å². The van der Waals surface area contributed by atoms with Gasteiger partial charge in [-0.2, -0.15) is 0 Å². The first-order valence-electron chi connectivity index (χ1n) is 9.46. The van der Waals surface area contributed by atoms with Gasteiger partial charge in [-0.15, -0.1) is 0 Å². The van der Waals surface area contributed by atoms with E-state index in [1.807, 2.05) is 60.5 Å². The molecule has 156 valence electrons. The summed E-state index contributed by atoms with van der Waals surface area (Å²) in [4.78, 5) is 13.3. The molecule has 0 aromatic carbocycles. The van der Waals surface area contributed by atoms with Gasteiger partial charge in [0.05, 0.1) is 37.6 Å². The molecule has 27 heavy (non-hydrogen) atoms. The van der Waals surface area contributed by atoms with Crippen LogP contribution in [0.2, 0.25) is 0 Å². The number of likely N-dealkylation sites (N-methyl/N-ethyl adjacent to an activating group) is 1. The maximum absolute atomic E-state index is 11.8. The van der Waals surface area contributed by atoms with Crippen LogP contribution in [-0.2, 0) is 23.5 Å². The number of hydrogen-bond acceptors (Lipinski definition) is 6. The molecule has 1 saturated heterocycles. The molecule has 1 fully saturated rings. The highest BCUT2D eigenvalue weighted by atomic mass is 16.7. The van der Waals surface area contributed by atoms with E-state index in [2.05, 4.69) is 0 Å². The van der Waals surface area contributed by atoms with Gasteiger partial charge in [-0.25, -0.2) is 4.79 Å². The highest BCUT2D eigenvalue weighted by Crippen LogP contribution is 2.36. The molecular formula is C19H36BNO6. The van der Waals surface area contributed by atoms with Gasteiger partial charge in [0.2, 0.25) is 0 Å². The van der Waals surface area contributed by atoms with Crippen molar-refractivity contribution < 1.29 is 28.3 Å². The predicted octanol–water partition coefficient (Wildman–Crippen LogP) is 3.07. The van der Waals surface area contributed by atoms with Crippen LogP contribution in [0.15, 0.2) is 12.1 Å². The van der Waals surface area contributed by atoms with Gasteiger partial charge >= 0.3 is 13.2 Å². The standard InChI is InChI=1S/C19H36BNO6/c1-17(2,3)25-16(22)21(8)11-13-24-15-14-23-12-9-10-20-26-18(4,5)19(6,7)27-20/h9-10H,11-15H2,1-8H3/b10-9+. The van der Waals surface area contributed by atoms with Crippen LogP contribution in [0.4, 0.5) is 4.79 Å². The van der Waals surface area contributed by atoms with Crippen molar-refractivity contribution in [2.45, 2.75) is 65.3 Å². The van der Waals surface area contributed by atoms with E-state index in [1.54, 1.807) is 7.05 Å². The fourth-order valence-corrected chi connectivity index (χ4v) is 2.14. The molecule has 0 spiro atoms. The Morgan fingerprint density at radius 1 is 1.04 bits per heavy atom. The van der Waals surface area contributed by atoms with Gasteiger partial charge in [0.25, 0.3) is 0 Å². The number of carbonyl (C=O) groups is 1. The van der Waals surface area contributed by atoms with Crippen LogP contribution in [0.1, 0.15) is 48.5 Å². The summed E-state index contributed by atoms with van der Waals surface area (Å²) in [6, 6.07) is 0. The number of rotatable bonds is 9. The highest BCUT2D eigenvalue weighted by molar-refractivity contribution is 6.51. The topological polar surface area (TPSA) is 66.5 Å². The largest absolute Gasteiger partial charge is 0.486 e. The van der Waals surface area contributed by atoms with E-state index in [0.29, 0.717) is 33.0 Å². The number of ether oxygens (including phenoxy) is 3. The Bertz CT molecular complexity index is 485. The summed E-state index contributed by atoms with van der Waals surface area (Å²) in [6.07, 6.45) is 1.54. The monoisotopic (exact) mass is 385 g/mol.